The van der Waals surface area contributed by atoms with Gasteiger partial charge in [-0.3, -0.25) is 9.59 Å². The van der Waals surface area contributed by atoms with E-state index in [1.54, 1.807) is 0 Å². The van der Waals surface area contributed by atoms with Crippen LogP contribution in [0.4, 0.5) is 0 Å². The Labute approximate surface area is 57.8 Å². The fourth-order valence-corrected chi connectivity index (χ4v) is 0.784. The molecule has 0 unspecified atom stereocenters. The van der Waals surface area contributed by atoms with E-state index >= 15 is 0 Å². The second-order valence-electron chi connectivity index (χ2n) is 2.44. The molecule has 0 saturated carbocycles. The van der Waals surface area contributed by atoms with E-state index in [0.717, 1.165) is 0 Å². The summed E-state index contributed by atoms with van der Waals surface area (Å²) in [5, 5.41) is 8.55. The fourth-order valence-electron chi connectivity index (χ4n) is 0.784. The fraction of sp³-hybridized carbons (Fsp3) is 0.667. The molecule has 0 bridgehead atoms. The van der Waals surface area contributed by atoms with Gasteiger partial charge < -0.3 is 9.84 Å². The van der Waals surface area contributed by atoms with Crippen LogP contribution in [0.25, 0.3) is 0 Å². The molecular weight excluding hydrogens is 136 g/mol. The number of ether oxygens (including phenoxy) is 1. The summed E-state index contributed by atoms with van der Waals surface area (Å²) < 4.78 is 4.66. The standard InChI is InChI=1S/C6H8O4/c1-4(7)6(5(8)9)2-10-3-6/h2-3H2,1H3,(H,8,9). The number of Topliss-reactive ketones (excluding diaryl/α,β-unsaturated/α-hetero) is 1. The zero-order valence-electron chi connectivity index (χ0n) is 5.59. The first-order chi connectivity index (χ1) is 4.59. The van der Waals surface area contributed by atoms with Crippen molar-refractivity contribution in [3.63, 3.8) is 0 Å². The van der Waals surface area contributed by atoms with Gasteiger partial charge in [-0.1, -0.05) is 0 Å². The number of aliphatic carboxylic acids is 1. The van der Waals surface area contributed by atoms with Gasteiger partial charge in [0.1, 0.15) is 0 Å². The summed E-state index contributed by atoms with van der Waals surface area (Å²) >= 11 is 0. The third kappa shape index (κ3) is 0.724. The monoisotopic (exact) mass is 144 g/mol. The van der Waals surface area contributed by atoms with Gasteiger partial charge in [0.05, 0.1) is 13.2 Å². The minimum atomic E-state index is -1.22. The van der Waals surface area contributed by atoms with Crippen LogP contribution in [0.5, 0.6) is 0 Å². The Balaban J connectivity index is 2.78. The minimum Gasteiger partial charge on any atom is -0.480 e. The van der Waals surface area contributed by atoms with Gasteiger partial charge in [0, 0.05) is 0 Å². The van der Waals surface area contributed by atoms with Crippen LogP contribution in [-0.2, 0) is 14.3 Å². The van der Waals surface area contributed by atoms with Crippen molar-refractivity contribution in [1.29, 1.82) is 0 Å². The van der Waals surface area contributed by atoms with Gasteiger partial charge in [-0.05, 0) is 6.92 Å². The molecule has 0 spiro atoms. The van der Waals surface area contributed by atoms with Crippen LogP contribution >= 0.6 is 0 Å². The first-order valence-corrected chi connectivity index (χ1v) is 2.92. The molecule has 1 saturated heterocycles. The first kappa shape index (κ1) is 7.21. The van der Waals surface area contributed by atoms with Crippen molar-refractivity contribution in [3.05, 3.63) is 0 Å². The van der Waals surface area contributed by atoms with E-state index in [2.05, 4.69) is 4.74 Å². The van der Waals surface area contributed by atoms with Gasteiger partial charge >= 0.3 is 5.97 Å². The van der Waals surface area contributed by atoms with Gasteiger partial charge in [-0.25, -0.2) is 0 Å². The lowest BCUT2D eigenvalue weighted by atomic mass is 9.82. The van der Waals surface area contributed by atoms with Crippen LogP contribution in [0.2, 0.25) is 0 Å². The van der Waals surface area contributed by atoms with Crippen molar-refractivity contribution >= 4 is 11.8 Å². The predicted octanol–water partition coefficient (Wildman–Crippen LogP) is -0.323. The largest absolute Gasteiger partial charge is 0.480 e. The van der Waals surface area contributed by atoms with E-state index in [4.69, 9.17) is 5.11 Å². The highest BCUT2D eigenvalue weighted by atomic mass is 16.5. The normalized spacial score (nSPS) is 21.3. The van der Waals surface area contributed by atoms with Gasteiger partial charge in [0.15, 0.2) is 11.2 Å². The molecule has 0 aromatic carbocycles. The average molecular weight is 144 g/mol. The molecule has 0 aliphatic carbocycles. The summed E-state index contributed by atoms with van der Waals surface area (Å²) in [4.78, 5) is 21.2. The lowest BCUT2D eigenvalue weighted by Gasteiger charge is -2.34. The highest BCUT2D eigenvalue weighted by Gasteiger charge is 2.50. The molecular formula is C6H8O4. The van der Waals surface area contributed by atoms with E-state index in [0.29, 0.717) is 0 Å². The Morgan fingerprint density at radius 1 is 1.50 bits per heavy atom. The average Bonchev–Trinajstić information content (AvgIpc) is 1.57. The van der Waals surface area contributed by atoms with Gasteiger partial charge in [-0.2, -0.15) is 0 Å². The first-order valence-electron chi connectivity index (χ1n) is 2.92. The quantitative estimate of drug-likeness (QED) is 0.539. The molecule has 1 fully saturated rings. The molecule has 1 heterocycles. The Morgan fingerprint density at radius 3 is 2.00 bits per heavy atom. The lowest BCUT2D eigenvalue weighted by Crippen LogP contribution is -2.53. The molecule has 1 aliphatic heterocycles. The highest BCUT2D eigenvalue weighted by Crippen LogP contribution is 2.28. The Kier molecular flexibility index (Phi) is 1.48. The molecule has 1 rings (SSSR count). The van der Waals surface area contributed by atoms with Crippen LogP contribution in [0.15, 0.2) is 0 Å². The molecule has 4 nitrogen and oxygen atoms in total. The van der Waals surface area contributed by atoms with Crippen LogP contribution in [0, 0.1) is 5.41 Å². The van der Waals surface area contributed by atoms with Crippen LogP contribution in [0.1, 0.15) is 6.92 Å². The van der Waals surface area contributed by atoms with Crippen molar-refractivity contribution < 1.29 is 19.4 Å². The lowest BCUT2D eigenvalue weighted by molar-refractivity contribution is -0.183. The molecule has 1 N–H and O–H groups in total. The molecule has 56 valence electrons. The third-order valence-corrected chi connectivity index (χ3v) is 1.78. The molecule has 1 aliphatic rings. The molecule has 0 amide bonds. The Hall–Kier alpha value is -0.900. The molecule has 0 radical (unpaired) electrons. The summed E-state index contributed by atoms with van der Waals surface area (Å²) in [6, 6.07) is 0. The van der Waals surface area contributed by atoms with Crippen molar-refractivity contribution in [3.8, 4) is 0 Å². The summed E-state index contributed by atoms with van der Waals surface area (Å²) in [7, 11) is 0. The molecule has 0 aromatic rings. The maximum atomic E-state index is 10.7. The second-order valence-corrected chi connectivity index (χ2v) is 2.44. The predicted molar refractivity (Wildman–Crippen MR) is 31.6 cm³/mol. The van der Waals surface area contributed by atoms with E-state index in [9.17, 15) is 9.59 Å². The number of carbonyl (C=O) groups is 2. The smallest absolute Gasteiger partial charge is 0.321 e. The summed E-state index contributed by atoms with van der Waals surface area (Å²) in [6.45, 7) is 1.33. The number of hydrogen-bond acceptors (Lipinski definition) is 3. The number of hydrogen-bond donors (Lipinski definition) is 1. The van der Waals surface area contributed by atoms with Gasteiger partial charge in [0.2, 0.25) is 0 Å². The number of ketones is 1. The van der Waals surface area contributed by atoms with Crippen molar-refractivity contribution in [2.75, 3.05) is 13.2 Å². The Bertz CT molecular complexity index is 164. The molecule has 10 heavy (non-hydrogen) atoms. The van der Waals surface area contributed by atoms with Crippen molar-refractivity contribution in [2.24, 2.45) is 5.41 Å². The minimum absolute atomic E-state index is 0.0255. The van der Waals surface area contributed by atoms with Crippen LogP contribution in [0.3, 0.4) is 0 Å². The zero-order valence-corrected chi connectivity index (χ0v) is 5.59. The van der Waals surface area contributed by atoms with E-state index < -0.39 is 11.4 Å². The Morgan fingerprint density at radius 2 is 2.00 bits per heavy atom. The number of carbonyl (C=O) groups excluding carboxylic acids is 1. The number of rotatable bonds is 2. The van der Waals surface area contributed by atoms with Gasteiger partial charge in [0.25, 0.3) is 0 Å². The topological polar surface area (TPSA) is 63.6 Å². The van der Waals surface area contributed by atoms with Crippen LogP contribution in [-0.4, -0.2) is 30.1 Å². The SMILES string of the molecule is CC(=O)C1(C(=O)O)COC1. The molecule has 0 atom stereocenters. The van der Waals surface area contributed by atoms with Gasteiger partial charge in [-0.15, -0.1) is 0 Å². The number of carboxylic acid groups (broad SMARTS) is 1. The van der Waals surface area contributed by atoms with Crippen LogP contribution < -0.4 is 0 Å². The number of carboxylic acids is 1. The van der Waals surface area contributed by atoms with Crippen molar-refractivity contribution in [1.82, 2.24) is 0 Å². The highest BCUT2D eigenvalue weighted by molar-refractivity contribution is 6.03. The van der Waals surface area contributed by atoms with E-state index in [1.807, 2.05) is 0 Å². The van der Waals surface area contributed by atoms with Crippen molar-refractivity contribution in [2.45, 2.75) is 6.92 Å². The summed E-state index contributed by atoms with van der Waals surface area (Å²) in [5.74, 6) is -1.41. The van der Waals surface area contributed by atoms with E-state index in [-0.39, 0.29) is 19.0 Å². The molecule has 0 aromatic heterocycles. The maximum absolute atomic E-state index is 10.7. The third-order valence-electron chi connectivity index (χ3n) is 1.78. The maximum Gasteiger partial charge on any atom is 0.321 e. The summed E-state index contributed by atoms with van der Waals surface area (Å²) in [5.41, 5.74) is -1.22. The summed E-state index contributed by atoms with van der Waals surface area (Å²) in [6.07, 6.45) is 0. The molecule has 4 heteroatoms. The second kappa shape index (κ2) is 2.05. The van der Waals surface area contributed by atoms with E-state index in [1.165, 1.54) is 6.92 Å². The zero-order chi connectivity index (χ0) is 7.78.